The summed E-state index contributed by atoms with van der Waals surface area (Å²) < 4.78 is 5.87. The van der Waals surface area contributed by atoms with Gasteiger partial charge in [0.25, 0.3) is 0 Å². The van der Waals surface area contributed by atoms with E-state index in [-0.39, 0.29) is 5.60 Å². The molecule has 1 aliphatic heterocycles. The van der Waals surface area contributed by atoms with Crippen LogP contribution in [0.4, 0.5) is 0 Å². The van der Waals surface area contributed by atoms with E-state index in [2.05, 4.69) is 13.8 Å². The summed E-state index contributed by atoms with van der Waals surface area (Å²) in [6, 6.07) is 5.95. The van der Waals surface area contributed by atoms with Crippen LogP contribution < -0.4 is 4.74 Å². The highest BCUT2D eigenvalue weighted by atomic mass is 16.5. The highest BCUT2D eigenvalue weighted by Crippen LogP contribution is 2.35. The van der Waals surface area contributed by atoms with E-state index in [1.165, 1.54) is 37.7 Å². The fraction of sp³-hybridized carbons (Fsp3) is 0.632. The molecule has 2 aliphatic rings. The number of rotatable bonds is 4. The summed E-state index contributed by atoms with van der Waals surface area (Å²) in [6.45, 7) is 4.19. The topological polar surface area (TPSA) is 26.3 Å². The molecule has 0 saturated heterocycles. The summed E-state index contributed by atoms with van der Waals surface area (Å²) >= 11 is 0. The van der Waals surface area contributed by atoms with Crippen LogP contribution >= 0.6 is 0 Å². The third-order valence-electron chi connectivity index (χ3n) is 4.89. The fourth-order valence-electron chi connectivity index (χ4n) is 3.74. The summed E-state index contributed by atoms with van der Waals surface area (Å²) in [6.07, 6.45) is 9.38. The molecule has 0 unspecified atom stereocenters. The highest BCUT2D eigenvalue weighted by Gasteiger charge is 2.30. The van der Waals surface area contributed by atoms with Crippen LogP contribution in [0.1, 0.15) is 74.7 Å². The standard InChI is InChI=1S/C19H26O2/c1-19(2)13-16-12-15(9-11-18(16)21-19)17(20)10-8-14-6-4-3-5-7-14/h9,11-12,14H,3-8,10,13H2,1-2H3. The van der Waals surface area contributed by atoms with Gasteiger partial charge >= 0.3 is 0 Å². The van der Waals surface area contributed by atoms with E-state index in [9.17, 15) is 4.79 Å². The third-order valence-corrected chi connectivity index (χ3v) is 4.89. The van der Waals surface area contributed by atoms with Gasteiger partial charge in [-0.3, -0.25) is 4.79 Å². The quantitative estimate of drug-likeness (QED) is 0.732. The van der Waals surface area contributed by atoms with E-state index >= 15 is 0 Å². The molecule has 0 amide bonds. The molecule has 0 N–H and O–H groups in total. The normalized spacial score (nSPS) is 20.9. The minimum absolute atomic E-state index is 0.133. The zero-order valence-electron chi connectivity index (χ0n) is 13.3. The second-order valence-corrected chi connectivity index (χ2v) is 7.33. The molecule has 0 radical (unpaired) electrons. The maximum atomic E-state index is 12.4. The first-order valence-electron chi connectivity index (χ1n) is 8.39. The van der Waals surface area contributed by atoms with Gasteiger partial charge in [-0.1, -0.05) is 32.1 Å². The largest absolute Gasteiger partial charge is 0.487 e. The fourth-order valence-corrected chi connectivity index (χ4v) is 3.74. The van der Waals surface area contributed by atoms with Crippen molar-refractivity contribution in [2.75, 3.05) is 0 Å². The Bertz CT molecular complexity index is 524. The first kappa shape index (κ1) is 14.6. The lowest BCUT2D eigenvalue weighted by Gasteiger charge is -2.20. The van der Waals surface area contributed by atoms with Gasteiger partial charge in [-0.15, -0.1) is 0 Å². The van der Waals surface area contributed by atoms with Crippen LogP contribution in [0.2, 0.25) is 0 Å². The van der Waals surface area contributed by atoms with Crippen LogP contribution in [-0.2, 0) is 6.42 Å². The predicted molar refractivity (Wildman–Crippen MR) is 85.0 cm³/mol. The van der Waals surface area contributed by atoms with Gasteiger partial charge in [-0.25, -0.2) is 0 Å². The van der Waals surface area contributed by atoms with Gasteiger partial charge in [-0.05, 0) is 49.9 Å². The highest BCUT2D eigenvalue weighted by molar-refractivity contribution is 5.96. The van der Waals surface area contributed by atoms with Crippen molar-refractivity contribution in [3.8, 4) is 5.75 Å². The number of ketones is 1. The number of carbonyl (C=O) groups excluding carboxylic acids is 1. The number of fused-ring (bicyclic) bond motifs is 1. The van der Waals surface area contributed by atoms with E-state index in [0.29, 0.717) is 12.2 Å². The maximum absolute atomic E-state index is 12.4. The monoisotopic (exact) mass is 286 g/mol. The Morgan fingerprint density at radius 3 is 2.76 bits per heavy atom. The summed E-state index contributed by atoms with van der Waals surface area (Å²) in [5.41, 5.74) is 1.92. The Labute approximate surface area is 127 Å². The van der Waals surface area contributed by atoms with Gasteiger partial charge in [0.2, 0.25) is 0 Å². The molecular formula is C19H26O2. The molecule has 1 fully saturated rings. The summed E-state index contributed by atoms with van der Waals surface area (Å²) in [5.74, 6) is 2.02. The van der Waals surface area contributed by atoms with Crippen LogP contribution in [0.15, 0.2) is 18.2 Å². The second kappa shape index (κ2) is 5.82. The average molecular weight is 286 g/mol. The Balaban J connectivity index is 1.61. The molecule has 0 bridgehead atoms. The average Bonchev–Trinajstić information content (AvgIpc) is 2.78. The molecule has 1 heterocycles. The summed E-state index contributed by atoms with van der Waals surface area (Å²) in [7, 11) is 0. The Kier molecular flexibility index (Phi) is 4.05. The molecule has 21 heavy (non-hydrogen) atoms. The first-order valence-corrected chi connectivity index (χ1v) is 8.39. The third kappa shape index (κ3) is 3.48. The Morgan fingerprint density at radius 1 is 1.24 bits per heavy atom. The molecule has 1 aromatic carbocycles. The molecule has 0 atom stereocenters. The van der Waals surface area contributed by atoms with Crippen molar-refractivity contribution < 1.29 is 9.53 Å². The minimum Gasteiger partial charge on any atom is -0.487 e. The molecule has 1 aromatic rings. The molecular weight excluding hydrogens is 260 g/mol. The minimum atomic E-state index is -0.133. The van der Waals surface area contributed by atoms with Crippen molar-refractivity contribution in [3.05, 3.63) is 29.3 Å². The molecule has 2 nitrogen and oxygen atoms in total. The number of Topliss-reactive ketones (excluding diaryl/α,β-unsaturated/α-hetero) is 1. The van der Waals surface area contributed by atoms with Gasteiger partial charge < -0.3 is 4.74 Å². The van der Waals surface area contributed by atoms with Gasteiger partial charge in [0, 0.05) is 18.4 Å². The number of carbonyl (C=O) groups is 1. The van der Waals surface area contributed by atoms with Crippen LogP contribution in [-0.4, -0.2) is 11.4 Å². The van der Waals surface area contributed by atoms with Crippen molar-refractivity contribution in [2.45, 2.75) is 70.8 Å². The summed E-state index contributed by atoms with van der Waals surface area (Å²) in [5, 5.41) is 0. The van der Waals surface area contributed by atoms with E-state index in [1.54, 1.807) is 0 Å². The Hall–Kier alpha value is -1.31. The SMILES string of the molecule is CC1(C)Cc2cc(C(=O)CCC3CCCCC3)ccc2O1. The lowest BCUT2D eigenvalue weighted by molar-refractivity contribution is 0.0970. The lowest BCUT2D eigenvalue weighted by atomic mass is 9.85. The number of ether oxygens (including phenoxy) is 1. The Morgan fingerprint density at radius 2 is 2.00 bits per heavy atom. The van der Waals surface area contributed by atoms with Gasteiger partial charge in [0.15, 0.2) is 5.78 Å². The van der Waals surface area contributed by atoms with E-state index in [1.807, 2.05) is 18.2 Å². The molecule has 2 heteroatoms. The van der Waals surface area contributed by atoms with E-state index < -0.39 is 0 Å². The van der Waals surface area contributed by atoms with Crippen LogP contribution in [0.25, 0.3) is 0 Å². The summed E-state index contributed by atoms with van der Waals surface area (Å²) in [4.78, 5) is 12.4. The number of hydrogen-bond acceptors (Lipinski definition) is 2. The molecule has 1 saturated carbocycles. The molecule has 0 spiro atoms. The zero-order valence-corrected chi connectivity index (χ0v) is 13.3. The number of benzene rings is 1. The van der Waals surface area contributed by atoms with Crippen LogP contribution in [0.3, 0.4) is 0 Å². The molecule has 3 rings (SSSR count). The maximum Gasteiger partial charge on any atom is 0.162 e. The second-order valence-electron chi connectivity index (χ2n) is 7.33. The zero-order chi connectivity index (χ0) is 14.9. The smallest absolute Gasteiger partial charge is 0.162 e. The van der Waals surface area contributed by atoms with Crippen LogP contribution in [0.5, 0.6) is 5.75 Å². The van der Waals surface area contributed by atoms with Gasteiger partial charge in [-0.2, -0.15) is 0 Å². The van der Waals surface area contributed by atoms with Gasteiger partial charge in [0.1, 0.15) is 11.4 Å². The van der Waals surface area contributed by atoms with E-state index in [4.69, 9.17) is 4.74 Å². The van der Waals surface area contributed by atoms with Crippen LogP contribution in [0, 0.1) is 5.92 Å². The van der Waals surface area contributed by atoms with Crippen molar-refractivity contribution in [2.24, 2.45) is 5.92 Å². The van der Waals surface area contributed by atoms with Gasteiger partial charge in [0.05, 0.1) is 0 Å². The molecule has 1 aliphatic carbocycles. The van der Waals surface area contributed by atoms with Crippen molar-refractivity contribution in [1.82, 2.24) is 0 Å². The van der Waals surface area contributed by atoms with Crippen molar-refractivity contribution in [1.29, 1.82) is 0 Å². The van der Waals surface area contributed by atoms with E-state index in [0.717, 1.165) is 30.1 Å². The lowest BCUT2D eigenvalue weighted by Crippen LogP contribution is -2.24. The predicted octanol–water partition coefficient (Wildman–Crippen LogP) is 4.94. The molecule has 114 valence electrons. The van der Waals surface area contributed by atoms with Crippen molar-refractivity contribution in [3.63, 3.8) is 0 Å². The first-order chi connectivity index (χ1) is 10.0. The number of hydrogen-bond donors (Lipinski definition) is 0. The van der Waals surface area contributed by atoms with Crippen molar-refractivity contribution >= 4 is 5.78 Å². The molecule has 0 aromatic heterocycles.